The summed E-state index contributed by atoms with van der Waals surface area (Å²) in [6, 6.07) is 9.25. The summed E-state index contributed by atoms with van der Waals surface area (Å²) in [6.07, 6.45) is 3.24. The predicted molar refractivity (Wildman–Crippen MR) is 100 cm³/mol. The molecule has 2 aliphatic heterocycles. The molecular formula is C19H20ClN3O3. The van der Waals surface area contributed by atoms with Crippen molar-refractivity contribution in [2.24, 2.45) is 5.92 Å². The number of carbonyl (C=O) groups excluding carboxylic acids is 1. The Morgan fingerprint density at radius 3 is 2.62 bits per heavy atom. The van der Waals surface area contributed by atoms with Gasteiger partial charge in [0.25, 0.3) is 0 Å². The van der Waals surface area contributed by atoms with Crippen LogP contribution in [-0.2, 0) is 4.79 Å². The van der Waals surface area contributed by atoms with Gasteiger partial charge in [0.2, 0.25) is 5.91 Å². The fraction of sp³-hybridized carbons (Fsp3) is 0.368. The van der Waals surface area contributed by atoms with E-state index in [1.54, 1.807) is 6.20 Å². The van der Waals surface area contributed by atoms with Gasteiger partial charge in [-0.05, 0) is 37.1 Å². The van der Waals surface area contributed by atoms with E-state index < -0.39 is 0 Å². The number of amides is 1. The monoisotopic (exact) mass is 373 g/mol. The molecule has 3 heterocycles. The summed E-state index contributed by atoms with van der Waals surface area (Å²) in [6.45, 7) is 2.68. The quantitative estimate of drug-likeness (QED) is 0.893. The fourth-order valence-corrected chi connectivity index (χ4v) is 3.40. The third kappa shape index (κ3) is 3.70. The first-order valence-corrected chi connectivity index (χ1v) is 9.14. The second kappa shape index (κ2) is 7.41. The van der Waals surface area contributed by atoms with Crippen LogP contribution in [0.4, 0.5) is 11.5 Å². The van der Waals surface area contributed by atoms with Crippen molar-refractivity contribution < 1.29 is 14.3 Å². The molecule has 1 N–H and O–H groups in total. The minimum Gasteiger partial charge on any atom is -0.486 e. The number of rotatable bonds is 3. The van der Waals surface area contributed by atoms with Crippen molar-refractivity contribution in [3.8, 4) is 11.5 Å². The van der Waals surface area contributed by atoms with Gasteiger partial charge in [0.1, 0.15) is 19.0 Å². The molecule has 26 heavy (non-hydrogen) atoms. The van der Waals surface area contributed by atoms with Crippen LogP contribution in [0, 0.1) is 5.92 Å². The predicted octanol–water partition coefficient (Wildman–Crippen LogP) is 3.36. The number of ether oxygens (including phenoxy) is 2. The molecule has 2 aliphatic rings. The molecule has 1 saturated heterocycles. The van der Waals surface area contributed by atoms with Crippen molar-refractivity contribution >= 4 is 29.0 Å². The van der Waals surface area contributed by atoms with Gasteiger partial charge in [-0.25, -0.2) is 4.98 Å². The number of pyridine rings is 1. The van der Waals surface area contributed by atoms with Crippen LogP contribution >= 0.6 is 11.6 Å². The lowest BCUT2D eigenvalue weighted by molar-refractivity contribution is -0.120. The highest BCUT2D eigenvalue weighted by atomic mass is 35.5. The van der Waals surface area contributed by atoms with Crippen LogP contribution in [-0.4, -0.2) is 37.2 Å². The number of benzene rings is 1. The summed E-state index contributed by atoms with van der Waals surface area (Å²) in [7, 11) is 0. The van der Waals surface area contributed by atoms with Crippen molar-refractivity contribution in [2.75, 3.05) is 36.5 Å². The Morgan fingerprint density at radius 1 is 1.12 bits per heavy atom. The number of hydrogen-bond donors (Lipinski definition) is 1. The molecule has 1 aromatic heterocycles. The van der Waals surface area contributed by atoms with E-state index >= 15 is 0 Å². The van der Waals surface area contributed by atoms with Crippen LogP contribution in [0.25, 0.3) is 0 Å². The normalized spacial score (nSPS) is 17.0. The molecule has 0 radical (unpaired) electrons. The molecule has 0 atom stereocenters. The van der Waals surface area contributed by atoms with Crippen molar-refractivity contribution in [1.82, 2.24) is 4.98 Å². The first-order valence-electron chi connectivity index (χ1n) is 8.76. The van der Waals surface area contributed by atoms with E-state index in [0.29, 0.717) is 24.0 Å². The van der Waals surface area contributed by atoms with Crippen LogP contribution in [0.2, 0.25) is 5.02 Å². The zero-order chi connectivity index (χ0) is 17.9. The third-order valence-corrected chi connectivity index (χ3v) is 4.93. The number of halogens is 1. The summed E-state index contributed by atoms with van der Waals surface area (Å²) in [4.78, 5) is 19.1. The maximum atomic E-state index is 12.6. The highest BCUT2D eigenvalue weighted by Crippen LogP contribution is 2.33. The molecule has 0 saturated carbocycles. The van der Waals surface area contributed by atoms with Gasteiger partial charge in [0.05, 0.1) is 5.02 Å². The molecule has 2 aromatic rings. The van der Waals surface area contributed by atoms with Crippen LogP contribution in [0.3, 0.4) is 0 Å². The summed E-state index contributed by atoms with van der Waals surface area (Å²) in [5, 5.41) is 3.63. The van der Waals surface area contributed by atoms with Gasteiger partial charge in [-0.15, -0.1) is 0 Å². The summed E-state index contributed by atoms with van der Waals surface area (Å²) >= 11 is 5.89. The molecule has 136 valence electrons. The first kappa shape index (κ1) is 17.0. The van der Waals surface area contributed by atoms with E-state index in [9.17, 15) is 4.79 Å². The van der Waals surface area contributed by atoms with Gasteiger partial charge in [0, 0.05) is 37.0 Å². The van der Waals surface area contributed by atoms with Gasteiger partial charge >= 0.3 is 0 Å². The lowest BCUT2D eigenvalue weighted by atomic mass is 9.95. The van der Waals surface area contributed by atoms with E-state index in [1.165, 1.54) is 0 Å². The van der Waals surface area contributed by atoms with Crippen molar-refractivity contribution in [2.45, 2.75) is 12.8 Å². The number of nitrogens with zero attached hydrogens (tertiary/aromatic N) is 2. The summed E-state index contributed by atoms with van der Waals surface area (Å²) in [5.74, 6) is 2.34. The van der Waals surface area contributed by atoms with E-state index in [2.05, 4.69) is 15.2 Å². The van der Waals surface area contributed by atoms with Gasteiger partial charge in [-0.2, -0.15) is 0 Å². The number of fused-ring (bicyclic) bond motifs is 1. The molecule has 4 rings (SSSR count). The largest absolute Gasteiger partial charge is 0.486 e. The molecule has 6 nitrogen and oxygen atoms in total. The van der Waals surface area contributed by atoms with Gasteiger partial charge in [-0.1, -0.05) is 11.6 Å². The molecule has 0 aliphatic carbocycles. The van der Waals surface area contributed by atoms with Gasteiger partial charge in [-0.3, -0.25) is 4.79 Å². The van der Waals surface area contributed by atoms with E-state index in [1.807, 2.05) is 30.3 Å². The number of piperidine rings is 1. The average Bonchev–Trinajstić information content (AvgIpc) is 2.68. The third-order valence-electron chi connectivity index (χ3n) is 4.71. The zero-order valence-electron chi connectivity index (χ0n) is 14.3. The first-order chi connectivity index (χ1) is 12.7. The topological polar surface area (TPSA) is 63.7 Å². The van der Waals surface area contributed by atoms with Crippen molar-refractivity contribution in [1.29, 1.82) is 0 Å². The average molecular weight is 374 g/mol. The Balaban J connectivity index is 1.34. The molecule has 0 bridgehead atoms. The van der Waals surface area contributed by atoms with E-state index in [-0.39, 0.29) is 11.8 Å². The molecular weight excluding hydrogens is 354 g/mol. The molecule has 1 fully saturated rings. The van der Waals surface area contributed by atoms with Crippen molar-refractivity contribution in [3.63, 3.8) is 0 Å². The number of nitrogens with one attached hydrogen (secondary N) is 1. The second-order valence-corrected chi connectivity index (χ2v) is 6.88. The standard InChI is InChI=1S/C19H20ClN3O3/c20-14-1-4-18(21-12-14)23-7-5-13(6-8-23)19(24)22-15-2-3-16-17(11-15)26-10-9-25-16/h1-4,11-13H,5-10H2,(H,22,24). The Kier molecular flexibility index (Phi) is 4.84. The number of anilines is 2. The Bertz CT molecular complexity index is 789. The number of hydrogen-bond acceptors (Lipinski definition) is 5. The lowest BCUT2D eigenvalue weighted by Crippen LogP contribution is -2.38. The minimum absolute atomic E-state index is 0.00764. The van der Waals surface area contributed by atoms with Crippen molar-refractivity contribution in [3.05, 3.63) is 41.6 Å². The lowest BCUT2D eigenvalue weighted by Gasteiger charge is -2.32. The fourth-order valence-electron chi connectivity index (χ4n) is 3.29. The Morgan fingerprint density at radius 2 is 1.88 bits per heavy atom. The number of carbonyl (C=O) groups is 1. The summed E-state index contributed by atoms with van der Waals surface area (Å²) in [5.41, 5.74) is 0.737. The van der Waals surface area contributed by atoms with E-state index in [0.717, 1.165) is 43.2 Å². The molecule has 1 amide bonds. The number of aromatic nitrogens is 1. The molecule has 1 aromatic carbocycles. The SMILES string of the molecule is O=C(Nc1ccc2c(c1)OCCO2)C1CCN(c2ccc(Cl)cn2)CC1. The zero-order valence-corrected chi connectivity index (χ0v) is 15.0. The van der Waals surface area contributed by atoms with Crippen LogP contribution < -0.4 is 19.7 Å². The van der Waals surface area contributed by atoms with Gasteiger partial charge < -0.3 is 19.7 Å². The Labute approximate surface area is 157 Å². The van der Waals surface area contributed by atoms with Crippen LogP contribution in [0.5, 0.6) is 11.5 Å². The Hall–Kier alpha value is -2.47. The maximum absolute atomic E-state index is 12.6. The second-order valence-electron chi connectivity index (χ2n) is 6.44. The molecule has 0 unspecified atom stereocenters. The highest BCUT2D eigenvalue weighted by Gasteiger charge is 2.26. The molecule has 0 spiro atoms. The minimum atomic E-state index is -0.00764. The van der Waals surface area contributed by atoms with Crippen LogP contribution in [0.1, 0.15) is 12.8 Å². The molecule has 7 heteroatoms. The smallest absolute Gasteiger partial charge is 0.227 e. The van der Waals surface area contributed by atoms with E-state index in [4.69, 9.17) is 21.1 Å². The van der Waals surface area contributed by atoms with Crippen LogP contribution in [0.15, 0.2) is 36.5 Å². The maximum Gasteiger partial charge on any atom is 0.227 e. The highest BCUT2D eigenvalue weighted by molar-refractivity contribution is 6.30. The summed E-state index contributed by atoms with van der Waals surface area (Å²) < 4.78 is 11.1. The van der Waals surface area contributed by atoms with Gasteiger partial charge in [0.15, 0.2) is 11.5 Å².